The van der Waals surface area contributed by atoms with E-state index in [2.05, 4.69) is 15.2 Å². The van der Waals surface area contributed by atoms with E-state index in [9.17, 15) is 9.59 Å². The number of nitrogens with one attached hydrogen (secondary N) is 1. The number of benzene rings is 2. The Balaban J connectivity index is 1.52. The fourth-order valence-corrected chi connectivity index (χ4v) is 4.72. The van der Waals surface area contributed by atoms with Crippen LogP contribution < -0.4 is 10.1 Å². The van der Waals surface area contributed by atoms with Crippen molar-refractivity contribution in [1.82, 2.24) is 20.1 Å². The predicted octanol–water partition coefficient (Wildman–Crippen LogP) is 4.58. The fraction of sp³-hybridized carbons (Fsp3) is 0.321. The summed E-state index contributed by atoms with van der Waals surface area (Å²) in [6, 6.07) is 15.2. The van der Waals surface area contributed by atoms with Crippen LogP contribution in [-0.2, 0) is 16.1 Å². The summed E-state index contributed by atoms with van der Waals surface area (Å²) in [5.41, 5.74) is 1.83. The minimum Gasteiger partial charge on any atom is -0.436 e. The van der Waals surface area contributed by atoms with Crippen LogP contribution in [0.1, 0.15) is 21.5 Å². The first-order valence-corrected chi connectivity index (χ1v) is 13.1. The summed E-state index contributed by atoms with van der Waals surface area (Å²) in [5, 5.41) is 3.62. The highest BCUT2D eigenvalue weighted by Crippen LogP contribution is 2.35. The molecule has 8 nitrogen and oxygen atoms in total. The molecule has 1 aliphatic heterocycles. The van der Waals surface area contributed by atoms with Gasteiger partial charge < -0.3 is 24.6 Å². The van der Waals surface area contributed by atoms with Gasteiger partial charge in [-0.1, -0.05) is 53.5 Å². The van der Waals surface area contributed by atoms with E-state index in [0.717, 1.165) is 18.7 Å². The molecule has 2 heterocycles. The van der Waals surface area contributed by atoms with Gasteiger partial charge in [0.15, 0.2) is 5.75 Å². The first-order valence-electron chi connectivity index (χ1n) is 12.3. The minimum atomic E-state index is -0.886. The maximum absolute atomic E-state index is 13.4. The molecule has 0 spiro atoms. The molecule has 10 heteroatoms. The summed E-state index contributed by atoms with van der Waals surface area (Å²) in [7, 11) is 2.02. The van der Waals surface area contributed by atoms with Gasteiger partial charge in [-0.3, -0.25) is 9.59 Å². The van der Waals surface area contributed by atoms with E-state index >= 15 is 0 Å². The van der Waals surface area contributed by atoms with Gasteiger partial charge in [-0.25, -0.2) is 4.98 Å². The van der Waals surface area contributed by atoms with E-state index in [1.54, 1.807) is 36.1 Å². The molecule has 0 saturated carbocycles. The molecule has 0 radical (unpaired) electrons. The van der Waals surface area contributed by atoms with Gasteiger partial charge in [-0.2, -0.15) is 0 Å². The SMILES string of the molecule is Cc1cc(Cl)cc(Cl)c1Oc1ncccc1C(=O)N[C@H](COCc1ccccc1)C(=O)N1CCN(C)CC1. The second-order valence-corrected chi connectivity index (χ2v) is 9.99. The molecule has 1 saturated heterocycles. The lowest BCUT2D eigenvalue weighted by atomic mass is 10.2. The number of pyridine rings is 1. The average molecular weight is 557 g/mol. The molecule has 4 rings (SSSR count). The minimum absolute atomic E-state index is 0.0182. The van der Waals surface area contributed by atoms with Gasteiger partial charge in [0.05, 0.1) is 18.2 Å². The van der Waals surface area contributed by atoms with Gasteiger partial charge in [0.2, 0.25) is 11.8 Å². The molecule has 0 bridgehead atoms. The van der Waals surface area contributed by atoms with Crippen LogP contribution in [0.25, 0.3) is 0 Å². The quantitative estimate of drug-likeness (QED) is 0.415. The van der Waals surface area contributed by atoms with Gasteiger partial charge in [0.25, 0.3) is 5.91 Å². The highest BCUT2D eigenvalue weighted by atomic mass is 35.5. The summed E-state index contributed by atoms with van der Waals surface area (Å²) >= 11 is 12.4. The number of nitrogens with zero attached hydrogens (tertiary/aromatic N) is 3. The second kappa shape index (κ2) is 13.1. The standard InChI is InChI=1S/C28H30Cl2N4O4/c1-19-15-21(29)16-23(30)25(19)38-27-22(9-6-10-31-27)26(35)32-24(18-37-17-20-7-4-3-5-8-20)28(36)34-13-11-33(2)12-14-34/h3-10,15-16,24H,11-14,17-18H2,1-2H3,(H,32,35)/t24-/m1/s1. The molecule has 3 aromatic rings. The molecule has 0 aliphatic carbocycles. The number of carbonyl (C=O) groups is 2. The number of piperazine rings is 1. The lowest BCUT2D eigenvalue weighted by Crippen LogP contribution is -2.55. The Kier molecular flexibility index (Phi) is 9.58. The van der Waals surface area contributed by atoms with Crippen LogP contribution in [0.5, 0.6) is 11.6 Å². The highest BCUT2D eigenvalue weighted by molar-refractivity contribution is 6.35. The number of ether oxygens (including phenoxy) is 2. The number of aromatic nitrogens is 1. The van der Waals surface area contributed by atoms with Crippen LogP contribution in [0, 0.1) is 6.92 Å². The van der Waals surface area contributed by atoms with Crippen molar-refractivity contribution in [2.24, 2.45) is 0 Å². The number of rotatable bonds is 9. The van der Waals surface area contributed by atoms with Crippen LogP contribution in [-0.4, -0.2) is 72.5 Å². The van der Waals surface area contributed by atoms with Gasteiger partial charge in [0, 0.05) is 37.4 Å². The molecule has 1 aromatic heterocycles. The van der Waals surface area contributed by atoms with Crippen molar-refractivity contribution in [2.45, 2.75) is 19.6 Å². The van der Waals surface area contributed by atoms with Gasteiger partial charge >= 0.3 is 0 Å². The Morgan fingerprint density at radius 1 is 1.05 bits per heavy atom. The molecule has 1 fully saturated rings. The Labute approximate surface area is 232 Å². The smallest absolute Gasteiger partial charge is 0.257 e. The highest BCUT2D eigenvalue weighted by Gasteiger charge is 2.29. The number of likely N-dealkylation sites (N-methyl/N-ethyl adjacent to an activating group) is 1. The van der Waals surface area contributed by atoms with E-state index in [1.165, 1.54) is 6.20 Å². The average Bonchev–Trinajstić information content (AvgIpc) is 2.91. The summed E-state index contributed by atoms with van der Waals surface area (Å²) in [6.45, 7) is 4.82. The number of carbonyl (C=O) groups excluding carboxylic acids is 2. The van der Waals surface area contributed by atoms with Crippen molar-refractivity contribution in [3.8, 4) is 11.6 Å². The first kappa shape index (κ1) is 27.9. The van der Waals surface area contributed by atoms with E-state index in [1.807, 2.05) is 37.4 Å². The Hall–Kier alpha value is -3.17. The van der Waals surface area contributed by atoms with Crippen molar-refractivity contribution in [3.63, 3.8) is 0 Å². The summed E-state index contributed by atoms with van der Waals surface area (Å²) in [4.78, 5) is 35.1. The van der Waals surface area contributed by atoms with Crippen LogP contribution in [0.2, 0.25) is 10.0 Å². The van der Waals surface area contributed by atoms with E-state index in [-0.39, 0.29) is 24.0 Å². The van der Waals surface area contributed by atoms with Gasteiger partial charge in [0.1, 0.15) is 11.6 Å². The zero-order chi connectivity index (χ0) is 27.1. The zero-order valence-electron chi connectivity index (χ0n) is 21.3. The molecule has 1 aliphatic rings. The topological polar surface area (TPSA) is 84.0 Å². The second-order valence-electron chi connectivity index (χ2n) is 9.15. The summed E-state index contributed by atoms with van der Waals surface area (Å²) in [6.07, 6.45) is 1.51. The van der Waals surface area contributed by atoms with Crippen LogP contribution >= 0.6 is 23.2 Å². The van der Waals surface area contributed by atoms with Crippen molar-refractivity contribution in [2.75, 3.05) is 39.8 Å². The maximum atomic E-state index is 13.4. The normalized spacial score (nSPS) is 14.7. The molecule has 1 N–H and O–H groups in total. The lowest BCUT2D eigenvalue weighted by molar-refractivity contribution is -0.136. The Morgan fingerprint density at radius 3 is 2.50 bits per heavy atom. The number of amides is 2. The number of halogens is 2. The molecule has 38 heavy (non-hydrogen) atoms. The third-order valence-electron chi connectivity index (χ3n) is 6.22. The van der Waals surface area contributed by atoms with Crippen molar-refractivity contribution < 1.29 is 19.1 Å². The zero-order valence-corrected chi connectivity index (χ0v) is 22.8. The fourth-order valence-electron chi connectivity index (χ4n) is 4.09. The third-order valence-corrected chi connectivity index (χ3v) is 6.72. The lowest BCUT2D eigenvalue weighted by Gasteiger charge is -2.34. The molecular formula is C28H30Cl2N4O4. The molecular weight excluding hydrogens is 527 g/mol. The maximum Gasteiger partial charge on any atom is 0.257 e. The van der Waals surface area contributed by atoms with Crippen molar-refractivity contribution in [3.05, 3.63) is 87.5 Å². The van der Waals surface area contributed by atoms with Crippen molar-refractivity contribution in [1.29, 1.82) is 0 Å². The Bertz CT molecular complexity index is 1240. The van der Waals surface area contributed by atoms with Gasteiger partial charge in [-0.05, 0) is 49.4 Å². The third kappa shape index (κ3) is 7.23. The van der Waals surface area contributed by atoms with E-state index in [0.29, 0.717) is 41.1 Å². The van der Waals surface area contributed by atoms with Gasteiger partial charge in [-0.15, -0.1) is 0 Å². The number of aryl methyl sites for hydroxylation is 1. The predicted molar refractivity (Wildman–Crippen MR) is 147 cm³/mol. The molecule has 1 atom stereocenters. The van der Waals surface area contributed by atoms with Crippen LogP contribution in [0.4, 0.5) is 0 Å². The molecule has 2 amide bonds. The van der Waals surface area contributed by atoms with E-state index in [4.69, 9.17) is 32.7 Å². The summed E-state index contributed by atoms with van der Waals surface area (Å²) < 4.78 is 11.8. The van der Waals surface area contributed by atoms with Crippen molar-refractivity contribution >= 4 is 35.0 Å². The van der Waals surface area contributed by atoms with E-state index < -0.39 is 11.9 Å². The summed E-state index contributed by atoms with van der Waals surface area (Å²) in [5.74, 6) is -0.289. The molecule has 0 unspecified atom stereocenters. The van der Waals surface area contributed by atoms with Crippen LogP contribution in [0.15, 0.2) is 60.8 Å². The van der Waals surface area contributed by atoms with Crippen LogP contribution in [0.3, 0.4) is 0 Å². The number of hydrogen-bond acceptors (Lipinski definition) is 6. The molecule has 200 valence electrons. The Morgan fingerprint density at radius 2 is 1.79 bits per heavy atom. The first-order chi connectivity index (χ1) is 18.3. The molecule has 2 aromatic carbocycles. The largest absolute Gasteiger partial charge is 0.436 e. The monoisotopic (exact) mass is 556 g/mol. The number of hydrogen-bond donors (Lipinski definition) is 1.